The zero-order valence-electron chi connectivity index (χ0n) is 23.3. The predicted octanol–water partition coefficient (Wildman–Crippen LogP) is 2.18. The minimum absolute atomic E-state index is 0.248. The standard InChI is InChI=1S/C28H39N5O6/c1-19(37-14-20-9-7-6-8-10-20)23(25(35)29-5)31-24(34)22-13-32(12-21-11-30-18-38-21)15-28(22)16-33(17-28)26(36)39-27(2,3)4/h6-11,18-19,22-23H,12-17H2,1-5H3,(H,29,35)(H,31,34)/t19-,22+,23+/m1/s1. The first-order valence-electron chi connectivity index (χ1n) is 13.2. The number of nitrogens with zero attached hydrogens (tertiary/aromatic N) is 3. The summed E-state index contributed by atoms with van der Waals surface area (Å²) < 4.78 is 16.9. The maximum atomic E-state index is 13.8. The molecule has 2 N–H and O–H groups in total. The van der Waals surface area contributed by atoms with E-state index in [4.69, 9.17) is 13.9 Å². The van der Waals surface area contributed by atoms with E-state index >= 15 is 0 Å². The van der Waals surface area contributed by atoms with Crippen molar-refractivity contribution in [2.75, 3.05) is 33.2 Å². The molecule has 39 heavy (non-hydrogen) atoms. The van der Waals surface area contributed by atoms with E-state index in [9.17, 15) is 14.4 Å². The van der Waals surface area contributed by atoms with Crippen LogP contribution < -0.4 is 10.6 Å². The Morgan fingerprint density at radius 3 is 2.51 bits per heavy atom. The fraction of sp³-hybridized carbons (Fsp3) is 0.571. The van der Waals surface area contributed by atoms with Gasteiger partial charge in [0.05, 0.1) is 31.4 Å². The third kappa shape index (κ3) is 6.96. The average Bonchev–Trinajstić information content (AvgIpc) is 3.52. The molecule has 0 radical (unpaired) electrons. The van der Waals surface area contributed by atoms with Crippen LogP contribution in [0.1, 0.15) is 39.0 Å². The van der Waals surface area contributed by atoms with Gasteiger partial charge in [-0.1, -0.05) is 30.3 Å². The smallest absolute Gasteiger partial charge is 0.410 e. The second-order valence-corrected chi connectivity index (χ2v) is 11.5. The number of aromatic nitrogens is 1. The van der Waals surface area contributed by atoms with Gasteiger partial charge in [-0.25, -0.2) is 9.78 Å². The molecule has 4 rings (SSSR count). The first kappa shape index (κ1) is 28.6. The normalized spacial score (nSPS) is 20.2. The van der Waals surface area contributed by atoms with Crippen LogP contribution in [-0.2, 0) is 32.2 Å². The molecule has 1 aromatic heterocycles. The fourth-order valence-corrected chi connectivity index (χ4v) is 5.29. The maximum absolute atomic E-state index is 13.8. The number of nitrogens with one attached hydrogen (secondary N) is 2. The molecule has 11 heteroatoms. The number of ether oxygens (including phenoxy) is 2. The molecule has 3 heterocycles. The van der Waals surface area contributed by atoms with Crippen molar-refractivity contribution in [3.63, 3.8) is 0 Å². The van der Waals surface area contributed by atoms with Gasteiger partial charge in [-0.05, 0) is 33.3 Å². The van der Waals surface area contributed by atoms with Gasteiger partial charge in [0.25, 0.3) is 0 Å². The molecule has 11 nitrogen and oxygen atoms in total. The molecule has 2 aliphatic heterocycles. The Morgan fingerprint density at radius 2 is 1.90 bits per heavy atom. The van der Waals surface area contributed by atoms with Crippen molar-refractivity contribution in [2.45, 2.75) is 58.6 Å². The minimum Gasteiger partial charge on any atom is -0.447 e. The Labute approximate surface area is 229 Å². The van der Waals surface area contributed by atoms with Crippen molar-refractivity contribution in [2.24, 2.45) is 11.3 Å². The van der Waals surface area contributed by atoms with E-state index in [-0.39, 0.29) is 11.8 Å². The SMILES string of the molecule is CNC(=O)[C@@H](NC(=O)[C@@H]1CN(Cc2cnco2)CC12CN(C(=O)OC(C)(C)C)C2)[C@@H](C)OCc1ccccc1. The van der Waals surface area contributed by atoms with Crippen LogP contribution in [0.25, 0.3) is 0 Å². The first-order valence-corrected chi connectivity index (χ1v) is 13.2. The number of carbonyl (C=O) groups excluding carboxylic acids is 3. The number of oxazole rings is 1. The summed E-state index contributed by atoms with van der Waals surface area (Å²) in [5.74, 6) is -0.338. The number of rotatable bonds is 9. The van der Waals surface area contributed by atoms with Gasteiger partial charge in [-0.15, -0.1) is 0 Å². The molecule has 0 bridgehead atoms. The largest absolute Gasteiger partial charge is 0.447 e. The number of likely N-dealkylation sites (tertiary alicyclic amines) is 2. The zero-order chi connectivity index (χ0) is 28.2. The highest BCUT2D eigenvalue weighted by molar-refractivity contribution is 5.89. The number of likely N-dealkylation sites (N-methyl/N-ethyl adjacent to an activating group) is 1. The highest BCUT2D eigenvalue weighted by atomic mass is 16.6. The van der Waals surface area contributed by atoms with E-state index in [1.807, 2.05) is 51.1 Å². The number of hydrogen-bond donors (Lipinski definition) is 2. The molecule has 0 aliphatic carbocycles. The first-order chi connectivity index (χ1) is 18.5. The third-order valence-corrected chi connectivity index (χ3v) is 7.21. The Balaban J connectivity index is 1.46. The number of amides is 3. The highest BCUT2D eigenvalue weighted by Crippen LogP contribution is 2.45. The Hall–Kier alpha value is -3.44. The van der Waals surface area contributed by atoms with Crippen LogP contribution in [0, 0.1) is 11.3 Å². The monoisotopic (exact) mass is 541 g/mol. The van der Waals surface area contributed by atoms with Gasteiger partial charge in [-0.2, -0.15) is 0 Å². The van der Waals surface area contributed by atoms with Crippen molar-refractivity contribution in [1.29, 1.82) is 0 Å². The average molecular weight is 542 g/mol. The summed E-state index contributed by atoms with van der Waals surface area (Å²) in [4.78, 5) is 47.0. The molecule has 2 aliphatic rings. The molecule has 3 atom stereocenters. The molecule has 212 valence electrons. The summed E-state index contributed by atoms with van der Waals surface area (Å²) in [6, 6.07) is 8.77. The van der Waals surface area contributed by atoms with E-state index in [1.54, 1.807) is 18.0 Å². The fourth-order valence-electron chi connectivity index (χ4n) is 5.29. The van der Waals surface area contributed by atoms with Crippen LogP contribution in [0.15, 0.2) is 47.3 Å². The quantitative estimate of drug-likeness (QED) is 0.495. The molecular weight excluding hydrogens is 502 g/mol. The van der Waals surface area contributed by atoms with E-state index < -0.39 is 35.2 Å². The van der Waals surface area contributed by atoms with Crippen LogP contribution in [0.2, 0.25) is 0 Å². The lowest BCUT2D eigenvalue weighted by Crippen LogP contribution is -2.65. The molecule has 1 spiro atoms. The summed E-state index contributed by atoms with van der Waals surface area (Å²) in [6.45, 7) is 9.88. The molecule has 1 aromatic carbocycles. The molecule has 0 unspecified atom stereocenters. The van der Waals surface area contributed by atoms with Gasteiger partial charge >= 0.3 is 6.09 Å². The molecule has 2 fully saturated rings. The summed E-state index contributed by atoms with van der Waals surface area (Å²) in [5.41, 5.74) is -0.107. The summed E-state index contributed by atoms with van der Waals surface area (Å²) in [5, 5.41) is 5.60. The highest BCUT2D eigenvalue weighted by Gasteiger charge is 2.58. The van der Waals surface area contributed by atoms with Crippen LogP contribution in [0.5, 0.6) is 0 Å². The van der Waals surface area contributed by atoms with E-state index in [2.05, 4.69) is 20.5 Å². The molecule has 2 aromatic rings. The van der Waals surface area contributed by atoms with Crippen molar-refractivity contribution in [1.82, 2.24) is 25.4 Å². The summed E-state index contributed by atoms with van der Waals surface area (Å²) in [6.07, 6.45) is 2.06. The van der Waals surface area contributed by atoms with Crippen molar-refractivity contribution >= 4 is 17.9 Å². The lowest BCUT2D eigenvalue weighted by atomic mass is 9.71. The van der Waals surface area contributed by atoms with E-state index in [0.29, 0.717) is 45.1 Å². The topological polar surface area (TPSA) is 126 Å². The van der Waals surface area contributed by atoms with Gasteiger partial charge < -0.3 is 29.4 Å². The van der Waals surface area contributed by atoms with Crippen LogP contribution in [-0.4, -0.2) is 83.7 Å². The molecule has 2 saturated heterocycles. The minimum atomic E-state index is -0.881. The molecular formula is C28H39N5O6. The van der Waals surface area contributed by atoms with Gasteiger partial charge in [0, 0.05) is 38.6 Å². The van der Waals surface area contributed by atoms with E-state index in [0.717, 1.165) is 5.56 Å². The van der Waals surface area contributed by atoms with Crippen molar-refractivity contribution in [3.8, 4) is 0 Å². The second kappa shape index (κ2) is 11.7. The number of carbonyl (C=O) groups is 3. The lowest BCUT2D eigenvalue weighted by molar-refractivity contribution is -0.139. The van der Waals surface area contributed by atoms with Gasteiger partial charge in [0.2, 0.25) is 11.8 Å². The Morgan fingerprint density at radius 1 is 1.18 bits per heavy atom. The van der Waals surface area contributed by atoms with E-state index in [1.165, 1.54) is 13.4 Å². The number of benzene rings is 1. The Bertz CT molecular complexity index is 1130. The van der Waals surface area contributed by atoms with Crippen LogP contribution in [0.3, 0.4) is 0 Å². The number of hydrogen-bond acceptors (Lipinski definition) is 8. The van der Waals surface area contributed by atoms with Gasteiger partial charge in [0.1, 0.15) is 17.4 Å². The molecule has 3 amide bonds. The second-order valence-electron chi connectivity index (χ2n) is 11.5. The molecule has 0 saturated carbocycles. The Kier molecular flexibility index (Phi) is 8.60. The zero-order valence-corrected chi connectivity index (χ0v) is 23.3. The summed E-state index contributed by atoms with van der Waals surface area (Å²) >= 11 is 0. The summed E-state index contributed by atoms with van der Waals surface area (Å²) in [7, 11) is 1.53. The van der Waals surface area contributed by atoms with Crippen molar-refractivity contribution < 1.29 is 28.3 Å². The third-order valence-electron chi connectivity index (χ3n) is 7.21. The van der Waals surface area contributed by atoms with Crippen LogP contribution in [0.4, 0.5) is 4.79 Å². The van der Waals surface area contributed by atoms with Crippen molar-refractivity contribution in [3.05, 3.63) is 54.2 Å². The maximum Gasteiger partial charge on any atom is 0.410 e. The van der Waals surface area contributed by atoms with Gasteiger partial charge in [-0.3, -0.25) is 14.5 Å². The predicted molar refractivity (Wildman–Crippen MR) is 142 cm³/mol. The van der Waals surface area contributed by atoms with Gasteiger partial charge in [0.15, 0.2) is 6.39 Å². The lowest BCUT2D eigenvalue weighted by Gasteiger charge is -2.50. The van der Waals surface area contributed by atoms with Crippen LogP contribution >= 0.6 is 0 Å².